The first-order chi connectivity index (χ1) is 16.0. The quantitative estimate of drug-likeness (QED) is 0.219. The van der Waals surface area contributed by atoms with Crippen molar-refractivity contribution in [1.82, 2.24) is 0 Å². The largest absolute Gasteiger partial charge is 0.253 e. The van der Waals surface area contributed by atoms with Gasteiger partial charge in [0, 0.05) is 12.4 Å². The molecule has 0 aliphatic heterocycles. The molecule has 0 radical (unpaired) electrons. The molecule has 0 saturated carbocycles. The fourth-order valence-corrected chi connectivity index (χ4v) is 3.15. The fraction of sp³-hybridized carbons (Fsp3) is 0.0370. The van der Waals surface area contributed by atoms with Crippen LogP contribution in [0.3, 0.4) is 0 Å². The van der Waals surface area contributed by atoms with E-state index in [1.165, 1.54) is 48.8 Å². The zero-order chi connectivity index (χ0) is 23.2. The maximum Gasteiger partial charge on any atom is 0.149 e. The van der Waals surface area contributed by atoms with E-state index < -0.39 is 11.6 Å². The van der Waals surface area contributed by atoms with Crippen molar-refractivity contribution in [2.24, 2.45) is 9.98 Å². The lowest BCUT2D eigenvalue weighted by Gasteiger charge is -2.06. The van der Waals surface area contributed by atoms with E-state index in [1.807, 2.05) is 0 Å². The van der Waals surface area contributed by atoms with Crippen molar-refractivity contribution < 1.29 is 17.6 Å². The van der Waals surface area contributed by atoms with Gasteiger partial charge in [0.25, 0.3) is 0 Å². The van der Waals surface area contributed by atoms with E-state index in [0.717, 1.165) is 0 Å². The molecule has 0 aliphatic carbocycles. The second-order valence-electron chi connectivity index (χ2n) is 7.37. The summed E-state index contributed by atoms with van der Waals surface area (Å²) in [5, 5.41) is 0. The predicted molar refractivity (Wildman–Crippen MR) is 123 cm³/mol. The van der Waals surface area contributed by atoms with Crippen LogP contribution in [-0.4, -0.2) is 12.4 Å². The highest BCUT2D eigenvalue weighted by Gasteiger charge is 2.07. The minimum Gasteiger partial charge on any atom is -0.253 e. The van der Waals surface area contributed by atoms with Crippen LogP contribution in [0.4, 0.5) is 28.9 Å². The molecule has 0 fully saturated rings. The van der Waals surface area contributed by atoms with Gasteiger partial charge in [-0.15, -0.1) is 0 Å². The van der Waals surface area contributed by atoms with Crippen molar-refractivity contribution in [3.8, 4) is 0 Å². The third-order valence-electron chi connectivity index (χ3n) is 4.88. The Morgan fingerprint density at radius 3 is 1.27 bits per heavy atom. The monoisotopic (exact) mass is 446 g/mol. The van der Waals surface area contributed by atoms with Gasteiger partial charge in [-0.3, -0.25) is 9.98 Å². The standard InChI is InChI=1S/C27H18F4N2/c28-22-7-1-18(2-8-22)16-32-26-11-5-20(14-24(26)30)13-21-6-12-27(25(31)15-21)33-17-19-3-9-23(29)10-4-19/h1-12,14-17H,13H2. The Balaban J connectivity index is 1.44. The van der Waals surface area contributed by atoms with Gasteiger partial charge in [0.05, 0.1) is 11.4 Å². The van der Waals surface area contributed by atoms with Crippen LogP contribution < -0.4 is 0 Å². The summed E-state index contributed by atoms with van der Waals surface area (Å²) < 4.78 is 54.8. The van der Waals surface area contributed by atoms with Gasteiger partial charge >= 0.3 is 0 Å². The molecule has 6 heteroatoms. The van der Waals surface area contributed by atoms with Crippen LogP contribution in [-0.2, 0) is 6.42 Å². The lowest BCUT2D eigenvalue weighted by molar-refractivity contribution is 0.626. The minimum atomic E-state index is -0.508. The average Bonchev–Trinajstić information content (AvgIpc) is 2.80. The van der Waals surface area contributed by atoms with E-state index in [2.05, 4.69) is 9.98 Å². The van der Waals surface area contributed by atoms with Gasteiger partial charge in [0.15, 0.2) is 0 Å². The van der Waals surface area contributed by atoms with Crippen LogP contribution in [0.1, 0.15) is 22.3 Å². The molecule has 4 aromatic carbocycles. The predicted octanol–water partition coefficient (Wildman–Crippen LogP) is 7.34. The van der Waals surface area contributed by atoms with E-state index in [0.29, 0.717) is 28.7 Å². The molecule has 164 valence electrons. The minimum absolute atomic E-state index is 0.153. The summed E-state index contributed by atoms with van der Waals surface area (Å²) in [6.07, 6.45) is 3.24. The fourth-order valence-electron chi connectivity index (χ4n) is 3.15. The molecule has 0 aliphatic rings. The van der Waals surface area contributed by atoms with Crippen molar-refractivity contribution in [2.75, 3.05) is 0 Å². The first-order valence-electron chi connectivity index (χ1n) is 10.1. The molecule has 0 atom stereocenters. The van der Waals surface area contributed by atoms with Crippen LogP contribution >= 0.6 is 0 Å². The van der Waals surface area contributed by atoms with Crippen molar-refractivity contribution in [3.63, 3.8) is 0 Å². The molecule has 0 saturated heterocycles. The number of nitrogens with zero attached hydrogens (tertiary/aromatic N) is 2. The van der Waals surface area contributed by atoms with Crippen LogP contribution in [0.15, 0.2) is 94.9 Å². The second kappa shape index (κ2) is 10.0. The van der Waals surface area contributed by atoms with Gasteiger partial charge in [-0.1, -0.05) is 36.4 Å². The maximum atomic E-state index is 14.5. The summed E-state index contributed by atoms with van der Waals surface area (Å²) in [6.45, 7) is 0. The molecule has 0 unspecified atom stereocenters. The number of benzene rings is 4. The van der Waals surface area contributed by atoms with Crippen LogP contribution in [0.25, 0.3) is 0 Å². The third kappa shape index (κ3) is 6.01. The smallest absolute Gasteiger partial charge is 0.149 e. The number of rotatable bonds is 6. The molecule has 0 heterocycles. The Hall–Kier alpha value is -4.06. The van der Waals surface area contributed by atoms with E-state index >= 15 is 0 Å². The summed E-state index contributed by atoms with van der Waals surface area (Å²) in [5.41, 5.74) is 2.93. The van der Waals surface area contributed by atoms with Gasteiger partial charge in [-0.05, 0) is 77.2 Å². The lowest BCUT2D eigenvalue weighted by Crippen LogP contribution is -1.91. The second-order valence-corrected chi connectivity index (χ2v) is 7.37. The lowest BCUT2D eigenvalue weighted by atomic mass is 10.0. The Bertz CT molecular complexity index is 1210. The highest BCUT2D eigenvalue weighted by molar-refractivity contribution is 5.82. The average molecular weight is 446 g/mol. The summed E-state index contributed by atoms with van der Waals surface area (Å²) in [4.78, 5) is 8.22. The Labute approximate surface area is 188 Å². The number of halogens is 4. The molecule has 4 rings (SSSR count). The molecule has 0 amide bonds. The zero-order valence-electron chi connectivity index (χ0n) is 17.4. The zero-order valence-corrected chi connectivity index (χ0v) is 17.4. The van der Waals surface area contributed by atoms with Crippen molar-refractivity contribution in [1.29, 1.82) is 0 Å². The summed E-state index contributed by atoms with van der Waals surface area (Å²) in [6, 6.07) is 20.7. The normalized spacial score (nSPS) is 11.5. The van der Waals surface area contributed by atoms with Crippen molar-refractivity contribution >= 4 is 23.8 Å². The van der Waals surface area contributed by atoms with Gasteiger partial charge in [0.1, 0.15) is 23.3 Å². The number of hydrogen-bond donors (Lipinski definition) is 0. The van der Waals surface area contributed by atoms with Crippen molar-refractivity contribution in [3.05, 3.63) is 130 Å². The Morgan fingerprint density at radius 1 is 0.515 bits per heavy atom. The third-order valence-corrected chi connectivity index (χ3v) is 4.88. The van der Waals surface area contributed by atoms with Gasteiger partial charge < -0.3 is 0 Å². The molecule has 2 nitrogen and oxygen atoms in total. The topological polar surface area (TPSA) is 24.7 Å². The van der Waals surface area contributed by atoms with Crippen LogP contribution in [0.2, 0.25) is 0 Å². The molecule has 0 spiro atoms. The summed E-state index contributed by atoms with van der Waals surface area (Å²) in [7, 11) is 0. The molecular weight excluding hydrogens is 428 g/mol. The van der Waals surface area contributed by atoms with Crippen LogP contribution in [0.5, 0.6) is 0 Å². The summed E-state index contributed by atoms with van der Waals surface area (Å²) in [5.74, 6) is -1.72. The van der Waals surface area contributed by atoms with Crippen molar-refractivity contribution in [2.45, 2.75) is 6.42 Å². The van der Waals surface area contributed by atoms with Crippen LogP contribution in [0, 0.1) is 23.3 Å². The number of aliphatic imine (C=N–C) groups is 2. The molecule has 0 bridgehead atoms. The Kier molecular flexibility index (Phi) is 6.74. The van der Waals surface area contributed by atoms with Gasteiger partial charge in [0.2, 0.25) is 0 Å². The van der Waals surface area contributed by atoms with Gasteiger partial charge in [-0.25, -0.2) is 17.6 Å². The number of hydrogen-bond acceptors (Lipinski definition) is 2. The van der Waals surface area contributed by atoms with E-state index in [1.54, 1.807) is 48.5 Å². The summed E-state index contributed by atoms with van der Waals surface area (Å²) >= 11 is 0. The SMILES string of the molecule is Fc1ccc(C=Nc2ccc(Cc3ccc(N=Cc4ccc(F)cc4)c(F)c3)cc2F)cc1. The molecule has 0 N–H and O–H groups in total. The maximum absolute atomic E-state index is 14.5. The molecule has 33 heavy (non-hydrogen) atoms. The first kappa shape index (κ1) is 22.1. The van der Waals surface area contributed by atoms with E-state index in [-0.39, 0.29) is 23.0 Å². The highest BCUT2D eigenvalue weighted by atomic mass is 19.1. The Morgan fingerprint density at radius 2 is 0.909 bits per heavy atom. The first-order valence-corrected chi connectivity index (χ1v) is 10.1. The van der Waals surface area contributed by atoms with E-state index in [9.17, 15) is 17.6 Å². The molecule has 4 aromatic rings. The van der Waals surface area contributed by atoms with E-state index in [4.69, 9.17) is 0 Å². The molecular formula is C27H18F4N2. The molecule has 0 aromatic heterocycles. The highest BCUT2D eigenvalue weighted by Crippen LogP contribution is 2.24. The van der Waals surface area contributed by atoms with Gasteiger partial charge in [-0.2, -0.15) is 0 Å².